The summed E-state index contributed by atoms with van der Waals surface area (Å²) >= 11 is 3.50. The van der Waals surface area contributed by atoms with Gasteiger partial charge in [0.25, 0.3) is 0 Å². The molecule has 1 fully saturated rings. The Morgan fingerprint density at radius 2 is 2.00 bits per heavy atom. The highest BCUT2D eigenvalue weighted by atomic mass is 79.9. The first-order valence-electron chi connectivity index (χ1n) is 6.82. The topological polar surface area (TPSA) is 35.2 Å². The number of hydrogen-bond acceptors (Lipinski definition) is 2. The van der Waals surface area contributed by atoms with Crippen molar-refractivity contribution in [3.8, 4) is 5.75 Å². The fourth-order valence-corrected chi connectivity index (χ4v) is 3.33. The van der Waals surface area contributed by atoms with E-state index in [1.54, 1.807) is 0 Å². The average molecular weight is 312 g/mol. The molecule has 0 saturated heterocycles. The average Bonchev–Trinajstić information content (AvgIpc) is 2.38. The predicted molar refractivity (Wildman–Crippen MR) is 78.8 cm³/mol. The molecule has 0 aliphatic heterocycles. The van der Waals surface area contributed by atoms with Gasteiger partial charge in [0.15, 0.2) is 0 Å². The van der Waals surface area contributed by atoms with E-state index in [1.807, 2.05) is 0 Å². The van der Waals surface area contributed by atoms with Crippen LogP contribution < -0.4 is 10.5 Å². The van der Waals surface area contributed by atoms with Gasteiger partial charge in [-0.2, -0.15) is 0 Å². The zero-order chi connectivity index (χ0) is 13.0. The van der Waals surface area contributed by atoms with Crippen LogP contribution in [-0.4, -0.2) is 6.61 Å². The van der Waals surface area contributed by atoms with E-state index in [2.05, 4.69) is 35.0 Å². The van der Waals surface area contributed by atoms with E-state index in [9.17, 15) is 0 Å². The van der Waals surface area contributed by atoms with E-state index in [0.29, 0.717) is 6.54 Å². The molecular formula is C15H22BrNO. The molecule has 2 nitrogen and oxygen atoms in total. The second kappa shape index (κ2) is 6.58. The molecule has 1 saturated carbocycles. The largest absolute Gasteiger partial charge is 0.493 e. The van der Waals surface area contributed by atoms with Gasteiger partial charge in [-0.15, -0.1) is 0 Å². The van der Waals surface area contributed by atoms with Crippen LogP contribution in [0.5, 0.6) is 5.75 Å². The summed E-state index contributed by atoms with van der Waals surface area (Å²) in [5, 5.41) is 0. The summed E-state index contributed by atoms with van der Waals surface area (Å²) in [5.41, 5.74) is 8.06. The van der Waals surface area contributed by atoms with Crippen LogP contribution in [0.3, 0.4) is 0 Å². The first-order chi connectivity index (χ1) is 8.70. The van der Waals surface area contributed by atoms with Crippen molar-refractivity contribution in [1.82, 2.24) is 0 Å². The summed E-state index contributed by atoms with van der Waals surface area (Å²) in [6.07, 6.45) is 6.73. The van der Waals surface area contributed by atoms with Gasteiger partial charge in [0, 0.05) is 16.6 Å². The molecule has 1 aliphatic carbocycles. The monoisotopic (exact) mass is 311 g/mol. The fourth-order valence-electron chi connectivity index (χ4n) is 2.71. The van der Waals surface area contributed by atoms with Crippen molar-refractivity contribution in [3.63, 3.8) is 0 Å². The van der Waals surface area contributed by atoms with Crippen molar-refractivity contribution in [2.45, 2.75) is 45.6 Å². The molecule has 2 rings (SSSR count). The van der Waals surface area contributed by atoms with Crippen molar-refractivity contribution >= 4 is 15.9 Å². The molecule has 0 atom stereocenters. The molecule has 2 N–H and O–H groups in total. The molecule has 0 heterocycles. The van der Waals surface area contributed by atoms with Crippen LogP contribution in [0.25, 0.3) is 0 Å². The number of nitrogens with two attached hydrogens (primary N) is 1. The molecule has 0 unspecified atom stereocenters. The Balaban J connectivity index is 2.03. The standard InChI is InChI=1S/C15H22BrNO/c1-11-7-14(16)8-13(9-17)15(11)18-10-12-5-3-2-4-6-12/h7-8,12H,2-6,9-10,17H2,1H3. The van der Waals surface area contributed by atoms with Gasteiger partial charge in [-0.3, -0.25) is 0 Å². The SMILES string of the molecule is Cc1cc(Br)cc(CN)c1OCC1CCCCC1. The molecule has 0 spiro atoms. The summed E-state index contributed by atoms with van der Waals surface area (Å²) in [7, 11) is 0. The highest BCUT2D eigenvalue weighted by molar-refractivity contribution is 9.10. The number of aryl methyl sites for hydroxylation is 1. The summed E-state index contributed by atoms with van der Waals surface area (Å²) in [4.78, 5) is 0. The number of rotatable bonds is 4. The van der Waals surface area contributed by atoms with E-state index in [4.69, 9.17) is 10.5 Å². The van der Waals surface area contributed by atoms with Gasteiger partial charge >= 0.3 is 0 Å². The van der Waals surface area contributed by atoms with E-state index in [1.165, 1.54) is 37.7 Å². The first kappa shape index (κ1) is 13.9. The number of ether oxygens (including phenoxy) is 1. The Labute approximate surface area is 118 Å². The van der Waals surface area contributed by atoms with Crippen LogP contribution in [0.2, 0.25) is 0 Å². The number of hydrogen-bond donors (Lipinski definition) is 1. The minimum absolute atomic E-state index is 0.528. The second-order valence-corrected chi connectivity index (χ2v) is 6.15. The predicted octanol–water partition coefficient (Wildman–Crippen LogP) is 4.18. The van der Waals surface area contributed by atoms with Crippen molar-refractivity contribution in [1.29, 1.82) is 0 Å². The molecule has 1 aromatic rings. The van der Waals surface area contributed by atoms with Gasteiger partial charge in [-0.25, -0.2) is 0 Å². The van der Waals surface area contributed by atoms with Gasteiger partial charge in [-0.1, -0.05) is 35.2 Å². The van der Waals surface area contributed by atoms with Crippen LogP contribution in [0.4, 0.5) is 0 Å². The molecule has 1 aliphatic rings. The van der Waals surface area contributed by atoms with Crippen LogP contribution >= 0.6 is 15.9 Å². The molecule has 3 heteroatoms. The summed E-state index contributed by atoms with van der Waals surface area (Å²) < 4.78 is 7.13. The third-order valence-corrected chi connectivity index (χ3v) is 4.18. The van der Waals surface area contributed by atoms with E-state index in [-0.39, 0.29) is 0 Å². The van der Waals surface area contributed by atoms with Crippen molar-refractivity contribution in [3.05, 3.63) is 27.7 Å². The van der Waals surface area contributed by atoms with Gasteiger partial charge in [-0.05, 0) is 43.4 Å². The molecule has 100 valence electrons. The van der Waals surface area contributed by atoms with E-state index in [0.717, 1.165) is 28.3 Å². The first-order valence-corrected chi connectivity index (χ1v) is 7.62. The summed E-state index contributed by atoms with van der Waals surface area (Å²) in [6.45, 7) is 3.45. The maximum atomic E-state index is 6.05. The second-order valence-electron chi connectivity index (χ2n) is 5.23. The quantitative estimate of drug-likeness (QED) is 0.905. The van der Waals surface area contributed by atoms with Crippen molar-refractivity contribution in [2.75, 3.05) is 6.61 Å². The smallest absolute Gasteiger partial charge is 0.126 e. The summed E-state index contributed by atoms with van der Waals surface area (Å²) in [5.74, 6) is 1.72. The molecule has 0 bridgehead atoms. The van der Waals surface area contributed by atoms with Gasteiger partial charge < -0.3 is 10.5 Å². The Bertz CT molecular complexity index is 400. The lowest BCUT2D eigenvalue weighted by atomic mass is 9.90. The lowest BCUT2D eigenvalue weighted by Crippen LogP contribution is -2.16. The van der Waals surface area contributed by atoms with Gasteiger partial charge in [0.05, 0.1) is 6.61 Å². The highest BCUT2D eigenvalue weighted by Crippen LogP contribution is 2.30. The normalized spacial score (nSPS) is 16.8. The Kier molecular flexibility index (Phi) is 5.07. The Hall–Kier alpha value is -0.540. The zero-order valence-corrected chi connectivity index (χ0v) is 12.6. The van der Waals surface area contributed by atoms with Gasteiger partial charge in [0.1, 0.15) is 5.75 Å². The molecule has 0 aromatic heterocycles. The van der Waals surface area contributed by atoms with Crippen molar-refractivity contribution < 1.29 is 4.74 Å². The molecule has 0 radical (unpaired) electrons. The van der Waals surface area contributed by atoms with Crippen LogP contribution in [0.15, 0.2) is 16.6 Å². The summed E-state index contributed by atoms with van der Waals surface area (Å²) in [6, 6.07) is 4.15. The van der Waals surface area contributed by atoms with Crippen LogP contribution in [0, 0.1) is 12.8 Å². The number of halogens is 1. The molecule has 18 heavy (non-hydrogen) atoms. The Morgan fingerprint density at radius 3 is 2.67 bits per heavy atom. The van der Waals surface area contributed by atoms with Crippen LogP contribution in [-0.2, 0) is 6.54 Å². The van der Waals surface area contributed by atoms with E-state index >= 15 is 0 Å². The van der Waals surface area contributed by atoms with Crippen molar-refractivity contribution in [2.24, 2.45) is 11.7 Å². The highest BCUT2D eigenvalue weighted by Gasteiger charge is 2.15. The third-order valence-electron chi connectivity index (χ3n) is 3.72. The molecule has 0 amide bonds. The minimum atomic E-state index is 0.528. The lowest BCUT2D eigenvalue weighted by Gasteiger charge is -2.23. The number of benzene rings is 1. The third kappa shape index (κ3) is 3.48. The zero-order valence-electron chi connectivity index (χ0n) is 11.0. The lowest BCUT2D eigenvalue weighted by molar-refractivity contribution is 0.206. The molecule has 1 aromatic carbocycles. The van der Waals surface area contributed by atoms with Crippen LogP contribution in [0.1, 0.15) is 43.2 Å². The maximum absolute atomic E-state index is 6.05. The minimum Gasteiger partial charge on any atom is -0.493 e. The Morgan fingerprint density at radius 1 is 1.28 bits per heavy atom. The molecular weight excluding hydrogens is 290 g/mol. The van der Waals surface area contributed by atoms with E-state index < -0.39 is 0 Å². The van der Waals surface area contributed by atoms with Gasteiger partial charge in [0.2, 0.25) is 0 Å². The maximum Gasteiger partial charge on any atom is 0.126 e. The fraction of sp³-hybridized carbons (Fsp3) is 0.600.